The molecule has 0 radical (unpaired) electrons. The minimum absolute atomic E-state index is 0.0193. The fourth-order valence-corrected chi connectivity index (χ4v) is 5.02. The molecule has 12 heteroatoms. The van der Waals surface area contributed by atoms with Gasteiger partial charge in [-0.3, -0.25) is 24.0 Å². The summed E-state index contributed by atoms with van der Waals surface area (Å²) in [6, 6.07) is 10.3. The molecule has 0 bridgehead atoms. The Kier molecular flexibility index (Phi) is 15.4. The smallest absolute Gasteiger partial charge is 0.312 e. The Hall–Kier alpha value is -4.45. The van der Waals surface area contributed by atoms with Gasteiger partial charge in [-0.15, -0.1) is 0 Å². The molecule has 0 fully saturated rings. The highest BCUT2D eigenvalue weighted by Crippen LogP contribution is 2.33. The van der Waals surface area contributed by atoms with E-state index in [9.17, 15) is 34.2 Å². The number of esters is 3. The lowest BCUT2D eigenvalue weighted by atomic mass is 9.78. The summed E-state index contributed by atoms with van der Waals surface area (Å²) in [4.78, 5) is 63.6. The average molecular weight is 658 g/mol. The molecular weight excluding hydrogens is 610 g/mol. The maximum atomic E-state index is 13.2. The van der Waals surface area contributed by atoms with Crippen molar-refractivity contribution in [2.75, 3.05) is 33.9 Å². The summed E-state index contributed by atoms with van der Waals surface area (Å²) in [7, 11) is 3.12. The lowest BCUT2D eigenvalue weighted by Gasteiger charge is -2.28. The van der Waals surface area contributed by atoms with Gasteiger partial charge < -0.3 is 34.1 Å². The Bertz CT molecular complexity index is 1410. The van der Waals surface area contributed by atoms with Crippen LogP contribution < -0.4 is 4.74 Å². The molecule has 0 aliphatic rings. The van der Waals surface area contributed by atoms with Gasteiger partial charge in [0.05, 0.1) is 36.8 Å². The molecular formula is C35H47NO11. The first kappa shape index (κ1) is 38.7. The Morgan fingerprint density at radius 2 is 1.57 bits per heavy atom. The Balaban J connectivity index is 1.90. The van der Waals surface area contributed by atoms with Crippen molar-refractivity contribution in [1.29, 1.82) is 0 Å². The molecule has 2 aromatic carbocycles. The highest BCUT2D eigenvalue weighted by atomic mass is 16.5. The molecule has 0 saturated heterocycles. The van der Waals surface area contributed by atoms with Gasteiger partial charge in [0.2, 0.25) is 0 Å². The highest BCUT2D eigenvalue weighted by Gasteiger charge is 2.40. The zero-order valence-electron chi connectivity index (χ0n) is 28.1. The van der Waals surface area contributed by atoms with E-state index < -0.39 is 35.2 Å². The lowest BCUT2D eigenvalue weighted by Crippen LogP contribution is -2.37. The van der Waals surface area contributed by atoms with E-state index in [4.69, 9.17) is 18.9 Å². The van der Waals surface area contributed by atoms with Gasteiger partial charge in [0.15, 0.2) is 5.78 Å². The summed E-state index contributed by atoms with van der Waals surface area (Å²) < 4.78 is 21.5. The molecule has 2 unspecified atom stereocenters. The minimum Gasteiger partial charge on any atom is -0.507 e. The number of benzene rings is 2. The summed E-state index contributed by atoms with van der Waals surface area (Å²) in [6.07, 6.45) is 1.32. The van der Waals surface area contributed by atoms with Gasteiger partial charge in [-0.05, 0) is 50.9 Å². The number of aromatic hydroxyl groups is 1. The molecule has 2 N–H and O–H groups in total. The van der Waals surface area contributed by atoms with E-state index in [1.54, 1.807) is 11.9 Å². The highest BCUT2D eigenvalue weighted by molar-refractivity contribution is 5.97. The molecule has 0 aromatic heterocycles. The van der Waals surface area contributed by atoms with Crippen LogP contribution in [0.5, 0.6) is 11.5 Å². The third-order valence-electron chi connectivity index (χ3n) is 7.80. The molecule has 0 aliphatic heterocycles. The number of aliphatic carboxylic acids is 1. The Morgan fingerprint density at radius 1 is 0.936 bits per heavy atom. The van der Waals surface area contributed by atoms with E-state index >= 15 is 0 Å². The topological polar surface area (TPSA) is 166 Å². The van der Waals surface area contributed by atoms with Crippen molar-refractivity contribution in [3.8, 4) is 11.5 Å². The lowest BCUT2D eigenvalue weighted by molar-refractivity contribution is -0.165. The van der Waals surface area contributed by atoms with Gasteiger partial charge in [0.1, 0.15) is 31.3 Å². The van der Waals surface area contributed by atoms with Crippen LogP contribution in [-0.2, 0) is 53.0 Å². The number of ether oxygens (including phenoxy) is 4. The van der Waals surface area contributed by atoms with Crippen LogP contribution in [-0.4, -0.2) is 78.6 Å². The number of carbonyl (C=O) groups is 5. The van der Waals surface area contributed by atoms with Gasteiger partial charge in [-0.2, -0.15) is 0 Å². The molecule has 12 nitrogen and oxygen atoms in total. The van der Waals surface area contributed by atoms with Crippen LogP contribution in [0.1, 0.15) is 80.4 Å². The molecule has 2 atom stereocenters. The summed E-state index contributed by atoms with van der Waals surface area (Å²) in [5, 5.41) is 19.5. The quantitative estimate of drug-likeness (QED) is 0.115. The number of phenolic OH excluding ortho intramolecular Hbond substituents is 1. The van der Waals surface area contributed by atoms with Crippen molar-refractivity contribution in [2.24, 2.45) is 11.3 Å². The summed E-state index contributed by atoms with van der Waals surface area (Å²) in [5.41, 5.74) is 1.03. The zero-order valence-corrected chi connectivity index (χ0v) is 28.1. The molecule has 0 amide bonds. The summed E-state index contributed by atoms with van der Waals surface area (Å²) in [5.74, 6) is -4.17. The van der Waals surface area contributed by atoms with Crippen LogP contribution in [0.2, 0.25) is 0 Å². The van der Waals surface area contributed by atoms with Gasteiger partial charge in [0, 0.05) is 24.7 Å². The van der Waals surface area contributed by atoms with Crippen molar-refractivity contribution in [3.63, 3.8) is 0 Å². The van der Waals surface area contributed by atoms with Crippen molar-refractivity contribution in [2.45, 2.75) is 73.0 Å². The molecule has 0 heterocycles. The van der Waals surface area contributed by atoms with Gasteiger partial charge in [0.25, 0.3) is 0 Å². The van der Waals surface area contributed by atoms with Crippen LogP contribution in [0.4, 0.5) is 0 Å². The summed E-state index contributed by atoms with van der Waals surface area (Å²) >= 11 is 0. The normalized spacial score (nSPS) is 12.9. The largest absolute Gasteiger partial charge is 0.507 e. The predicted octanol–water partition coefficient (Wildman–Crippen LogP) is 4.71. The number of carbonyl (C=O) groups excluding carboxylic acids is 4. The number of Topliss-reactive ketones (excluding diaryl/α,β-unsaturated/α-hetero) is 1. The van der Waals surface area contributed by atoms with E-state index in [0.717, 1.165) is 24.0 Å². The second-order valence-corrected chi connectivity index (χ2v) is 11.9. The molecule has 2 aromatic rings. The van der Waals surface area contributed by atoms with E-state index in [1.807, 2.05) is 24.3 Å². The number of methoxy groups -OCH3 is 1. The minimum atomic E-state index is -1.43. The van der Waals surface area contributed by atoms with Crippen LogP contribution in [0.3, 0.4) is 0 Å². The number of ketones is 1. The van der Waals surface area contributed by atoms with E-state index in [1.165, 1.54) is 40.0 Å². The monoisotopic (exact) mass is 657 g/mol. The number of carboxylic acid groups (broad SMARTS) is 1. The van der Waals surface area contributed by atoms with E-state index in [2.05, 4.69) is 6.92 Å². The molecule has 0 saturated carbocycles. The van der Waals surface area contributed by atoms with Crippen LogP contribution in [0.25, 0.3) is 0 Å². The third-order valence-corrected chi connectivity index (χ3v) is 7.80. The second-order valence-electron chi connectivity index (χ2n) is 11.9. The Labute approximate surface area is 275 Å². The number of aryl methyl sites for hydroxylation is 1. The Morgan fingerprint density at radius 3 is 2.19 bits per heavy atom. The number of carboxylic acids is 1. The zero-order chi connectivity index (χ0) is 35.1. The van der Waals surface area contributed by atoms with Gasteiger partial charge >= 0.3 is 23.9 Å². The fraction of sp³-hybridized carbons (Fsp3) is 0.514. The molecule has 258 valence electrons. The SMILES string of the molecule is CCCc1ccccc1COC(=O)CC(C)(CC(C)C(=O)O)C(=O)OCCN(C)CCC(=O)OCc1cc(C(C)=O)c(O)cc1OC. The fourth-order valence-electron chi connectivity index (χ4n) is 5.02. The van der Waals surface area contributed by atoms with Crippen molar-refractivity contribution in [1.82, 2.24) is 4.90 Å². The van der Waals surface area contributed by atoms with Crippen molar-refractivity contribution in [3.05, 3.63) is 58.7 Å². The number of hydrogen-bond acceptors (Lipinski definition) is 11. The summed E-state index contributed by atoms with van der Waals surface area (Å²) in [6.45, 7) is 6.70. The first-order chi connectivity index (χ1) is 22.2. The molecule has 0 aliphatic carbocycles. The maximum absolute atomic E-state index is 13.2. The standard InChI is InChI=1S/C35H47NO11/c1-7-10-25-11-8-9-12-26(25)21-47-32(40)20-35(4,19-23(2)33(41)42)34(43)45-16-15-36(5)14-13-31(39)46-22-27-17-28(24(3)37)29(38)18-30(27)44-6/h8-9,11-12,17-18,23,38H,7,10,13-16,19-22H2,1-6H3,(H,41,42). The van der Waals surface area contributed by atoms with Crippen LogP contribution >= 0.6 is 0 Å². The number of rotatable bonds is 20. The van der Waals surface area contributed by atoms with E-state index in [-0.39, 0.29) is 75.0 Å². The van der Waals surface area contributed by atoms with Gasteiger partial charge in [-0.25, -0.2) is 0 Å². The number of phenols is 1. The molecule has 0 spiro atoms. The van der Waals surface area contributed by atoms with Crippen LogP contribution in [0.15, 0.2) is 36.4 Å². The van der Waals surface area contributed by atoms with Crippen molar-refractivity contribution < 1.29 is 53.1 Å². The number of likely N-dealkylation sites (N-methyl/N-ethyl adjacent to an activating group) is 1. The van der Waals surface area contributed by atoms with Crippen LogP contribution in [0, 0.1) is 11.3 Å². The van der Waals surface area contributed by atoms with Crippen molar-refractivity contribution >= 4 is 29.7 Å². The first-order valence-corrected chi connectivity index (χ1v) is 15.6. The number of nitrogens with zero attached hydrogens (tertiary/aromatic N) is 1. The third kappa shape index (κ3) is 12.3. The maximum Gasteiger partial charge on any atom is 0.312 e. The molecule has 2 rings (SSSR count). The molecule has 47 heavy (non-hydrogen) atoms. The van der Waals surface area contributed by atoms with E-state index in [0.29, 0.717) is 5.56 Å². The first-order valence-electron chi connectivity index (χ1n) is 15.6. The number of hydrogen-bond donors (Lipinski definition) is 2. The average Bonchev–Trinajstić information content (AvgIpc) is 3.02. The second kappa shape index (κ2) is 18.6. The van der Waals surface area contributed by atoms with Gasteiger partial charge in [-0.1, -0.05) is 44.5 Å². The predicted molar refractivity (Wildman–Crippen MR) is 172 cm³/mol.